The third-order valence-electron chi connectivity index (χ3n) is 2.31. The van der Waals surface area contributed by atoms with Gasteiger partial charge in [0.25, 0.3) is 0 Å². The molecule has 0 aliphatic rings. The van der Waals surface area contributed by atoms with Gasteiger partial charge in [0.05, 0.1) is 5.69 Å². The molecule has 0 aliphatic carbocycles. The minimum Gasteiger partial charge on any atom is -0.508 e. The summed E-state index contributed by atoms with van der Waals surface area (Å²) in [5, 5.41) is 9.17. The molecule has 0 spiro atoms. The Morgan fingerprint density at radius 1 is 1.33 bits per heavy atom. The number of imidazole rings is 1. The number of nitrogens with one attached hydrogen (secondary N) is 1. The maximum absolute atomic E-state index is 9.17. The molecule has 0 amide bonds. The highest BCUT2D eigenvalue weighted by molar-refractivity contribution is 7.71. The van der Waals surface area contributed by atoms with E-state index >= 15 is 0 Å². The van der Waals surface area contributed by atoms with Gasteiger partial charge in [-0.15, -0.1) is 0 Å². The number of nitrogens with two attached hydrogens (primary N) is 1. The summed E-state index contributed by atoms with van der Waals surface area (Å²) >= 11 is 5.07. The van der Waals surface area contributed by atoms with E-state index in [2.05, 4.69) is 4.98 Å². The summed E-state index contributed by atoms with van der Waals surface area (Å²) in [5.41, 5.74) is 7.56. The Morgan fingerprint density at radius 3 is 2.40 bits per heavy atom. The number of hydrogen-bond donors (Lipinski definition) is 3. The molecule has 0 saturated heterocycles. The number of phenolic OH excluding ortho intramolecular Hbond substituents is 1. The van der Waals surface area contributed by atoms with Crippen molar-refractivity contribution in [3.63, 3.8) is 0 Å². The Morgan fingerprint density at radius 2 is 1.93 bits per heavy atom. The average molecular weight is 221 g/mol. The maximum Gasteiger partial charge on any atom is 0.178 e. The number of anilines is 1. The van der Waals surface area contributed by atoms with Crippen molar-refractivity contribution >= 4 is 18.0 Å². The number of nitrogen functional groups attached to an aromatic ring is 1. The predicted molar refractivity (Wildman–Crippen MR) is 62.1 cm³/mol. The summed E-state index contributed by atoms with van der Waals surface area (Å²) in [4.78, 5) is 3.02. The van der Waals surface area contributed by atoms with Crippen LogP contribution in [0.4, 0.5) is 5.82 Å². The van der Waals surface area contributed by atoms with E-state index in [1.54, 1.807) is 35.9 Å². The summed E-state index contributed by atoms with van der Waals surface area (Å²) < 4.78 is 2.29. The van der Waals surface area contributed by atoms with Crippen molar-refractivity contribution in [2.45, 2.75) is 0 Å². The van der Waals surface area contributed by atoms with Crippen LogP contribution in [0.1, 0.15) is 0 Å². The van der Waals surface area contributed by atoms with Crippen LogP contribution < -0.4 is 5.73 Å². The minimum atomic E-state index is 0.229. The Bertz CT molecular complexity index is 539. The number of H-pyrrole nitrogens is 1. The van der Waals surface area contributed by atoms with Gasteiger partial charge in [0.1, 0.15) is 11.6 Å². The molecule has 0 unspecified atom stereocenters. The van der Waals surface area contributed by atoms with Crippen molar-refractivity contribution in [1.82, 2.24) is 9.55 Å². The van der Waals surface area contributed by atoms with E-state index < -0.39 is 0 Å². The van der Waals surface area contributed by atoms with E-state index in [-0.39, 0.29) is 5.75 Å². The highest BCUT2D eigenvalue weighted by Crippen LogP contribution is 2.25. The topological polar surface area (TPSA) is 67.0 Å². The van der Waals surface area contributed by atoms with Gasteiger partial charge in [0.2, 0.25) is 0 Å². The van der Waals surface area contributed by atoms with Gasteiger partial charge in [-0.25, -0.2) is 0 Å². The second-order valence-corrected chi connectivity index (χ2v) is 3.68. The van der Waals surface area contributed by atoms with Gasteiger partial charge in [-0.05, 0) is 36.5 Å². The standard InChI is InChI=1S/C10H11N3OS/c1-13-9(11)8(12-10(13)15)6-2-4-7(14)5-3-6/h2-5,14H,11H2,1H3,(H,12,15). The van der Waals surface area contributed by atoms with E-state index in [0.717, 1.165) is 11.3 Å². The molecule has 0 saturated carbocycles. The molecule has 0 fully saturated rings. The summed E-state index contributed by atoms with van der Waals surface area (Å²) in [7, 11) is 1.80. The maximum atomic E-state index is 9.17. The molecule has 2 aromatic rings. The Labute approximate surface area is 92.0 Å². The van der Waals surface area contributed by atoms with Crippen LogP contribution >= 0.6 is 12.2 Å². The zero-order valence-corrected chi connectivity index (χ0v) is 9.01. The van der Waals surface area contributed by atoms with Gasteiger partial charge in [-0.1, -0.05) is 0 Å². The molecule has 5 heteroatoms. The van der Waals surface area contributed by atoms with E-state index in [0.29, 0.717) is 10.6 Å². The number of rotatable bonds is 1. The first-order valence-electron chi connectivity index (χ1n) is 4.43. The Hall–Kier alpha value is -1.75. The second kappa shape index (κ2) is 3.43. The largest absolute Gasteiger partial charge is 0.508 e. The first-order valence-corrected chi connectivity index (χ1v) is 4.84. The predicted octanol–water partition coefficient (Wildman–Crippen LogP) is 2.04. The van der Waals surface area contributed by atoms with E-state index in [1.807, 2.05) is 0 Å². The lowest BCUT2D eigenvalue weighted by Crippen LogP contribution is -1.96. The molecule has 0 radical (unpaired) electrons. The zero-order chi connectivity index (χ0) is 11.0. The fourth-order valence-corrected chi connectivity index (χ4v) is 1.58. The van der Waals surface area contributed by atoms with Gasteiger partial charge in [-0.2, -0.15) is 0 Å². The summed E-state index contributed by atoms with van der Waals surface area (Å²) in [6.45, 7) is 0. The van der Waals surface area contributed by atoms with Crippen LogP contribution in [0.5, 0.6) is 5.75 Å². The van der Waals surface area contributed by atoms with Crippen molar-refractivity contribution in [3.8, 4) is 17.0 Å². The monoisotopic (exact) mass is 221 g/mol. The van der Waals surface area contributed by atoms with Gasteiger partial charge in [0.15, 0.2) is 4.77 Å². The first-order chi connectivity index (χ1) is 7.09. The molecule has 4 N–H and O–H groups in total. The van der Waals surface area contributed by atoms with Crippen LogP contribution in [0.25, 0.3) is 11.3 Å². The molecule has 0 bridgehead atoms. The normalized spacial score (nSPS) is 10.5. The van der Waals surface area contributed by atoms with Crippen LogP contribution in [-0.2, 0) is 7.05 Å². The van der Waals surface area contributed by atoms with E-state index in [4.69, 9.17) is 23.1 Å². The Balaban J connectivity index is 2.59. The van der Waals surface area contributed by atoms with Crippen LogP contribution in [0.2, 0.25) is 0 Å². The van der Waals surface area contributed by atoms with Crippen molar-refractivity contribution in [2.75, 3.05) is 5.73 Å². The second-order valence-electron chi connectivity index (χ2n) is 3.30. The third kappa shape index (κ3) is 1.61. The smallest absolute Gasteiger partial charge is 0.178 e. The molecule has 2 rings (SSSR count). The number of phenols is 1. The van der Waals surface area contributed by atoms with Crippen LogP contribution in [-0.4, -0.2) is 14.7 Å². The van der Waals surface area contributed by atoms with Gasteiger partial charge in [-0.3, -0.25) is 0 Å². The lowest BCUT2D eigenvalue weighted by Gasteiger charge is -2.00. The number of nitrogens with zero attached hydrogens (tertiary/aromatic N) is 1. The third-order valence-corrected chi connectivity index (χ3v) is 2.69. The summed E-state index contributed by atoms with van der Waals surface area (Å²) in [6.07, 6.45) is 0. The molecular weight excluding hydrogens is 210 g/mol. The van der Waals surface area contributed by atoms with Crippen molar-refractivity contribution < 1.29 is 5.11 Å². The zero-order valence-electron chi connectivity index (χ0n) is 8.19. The minimum absolute atomic E-state index is 0.229. The van der Waals surface area contributed by atoms with Crippen LogP contribution in [0.15, 0.2) is 24.3 Å². The lowest BCUT2D eigenvalue weighted by molar-refractivity contribution is 0.475. The molecule has 1 heterocycles. The average Bonchev–Trinajstić information content (AvgIpc) is 2.47. The van der Waals surface area contributed by atoms with Gasteiger partial charge in [0, 0.05) is 12.6 Å². The van der Waals surface area contributed by atoms with Gasteiger partial charge >= 0.3 is 0 Å². The van der Waals surface area contributed by atoms with E-state index in [1.165, 1.54) is 0 Å². The first kappa shape index (κ1) is 9.79. The molecule has 1 aromatic heterocycles. The number of aromatic nitrogens is 2. The van der Waals surface area contributed by atoms with Crippen LogP contribution in [0.3, 0.4) is 0 Å². The summed E-state index contributed by atoms with van der Waals surface area (Å²) in [5.74, 6) is 0.817. The van der Waals surface area contributed by atoms with Gasteiger partial charge < -0.3 is 20.4 Å². The quantitative estimate of drug-likeness (QED) is 0.645. The molecule has 0 atom stereocenters. The molecule has 1 aromatic carbocycles. The lowest BCUT2D eigenvalue weighted by atomic mass is 10.1. The Kier molecular flexibility index (Phi) is 2.24. The number of aromatic amines is 1. The molecule has 0 aliphatic heterocycles. The van der Waals surface area contributed by atoms with Crippen molar-refractivity contribution in [2.24, 2.45) is 7.05 Å². The molecule has 78 valence electrons. The van der Waals surface area contributed by atoms with Crippen molar-refractivity contribution in [1.29, 1.82) is 0 Å². The molecular formula is C10H11N3OS. The summed E-state index contributed by atoms with van der Waals surface area (Å²) in [6, 6.07) is 6.79. The number of hydrogen-bond acceptors (Lipinski definition) is 3. The molecule has 15 heavy (non-hydrogen) atoms. The molecule has 4 nitrogen and oxygen atoms in total. The fraction of sp³-hybridized carbons (Fsp3) is 0.100. The number of aromatic hydroxyl groups is 1. The number of benzene rings is 1. The fourth-order valence-electron chi connectivity index (χ4n) is 1.38. The van der Waals surface area contributed by atoms with Crippen LogP contribution in [0, 0.1) is 4.77 Å². The highest BCUT2D eigenvalue weighted by atomic mass is 32.1. The van der Waals surface area contributed by atoms with Crippen molar-refractivity contribution in [3.05, 3.63) is 29.0 Å². The van der Waals surface area contributed by atoms with E-state index in [9.17, 15) is 0 Å². The highest BCUT2D eigenvalue weighted by Gasteiger charge is 2.07. The SMILES string of the molecule is Cn1c(N)c(-c2ccc(O)cc2)[nH]c1=S.